The molecule has 0 aliphatic carbocycles. The van der Waals surface area contributed by atoms with Gasteiger partial charge in [-0.3, -0.25) is 4.99 Å². The first kappa shape index (κ1) is 26.1. The molecule has 5 rings (SSSR count). The van der Waals surface area contributed by atoms with Crippen LogP contribution in [0.5, 0.6) is 5.75 Å². The number of thioether (sulfide) groups is 2. The summed E-state index contributed by atoms with van der Waals surface area (Å²) in [4.78, 5) is 13.8. The van der Waals surface area contributed by atoms with Crippen molar-refractivity contribution in [1.29, 1.82) is 0 Å². The van der Waals surface area contributed by atoms with Gasteiger partial charge in [0.15, 0.2) is 0 Å². The van der Waals surface area contributed by atoms with Crippen LogP contribution in [0.25, 0.3) is 10.9 Å². The van der Waals surface area contributed by atoms with Gasteiger partial charge in [0.2, 0.25) is 0 Å². The highest BCUT2D eigenvalue weighted by Gasteiger charge is 2.25. The Hall–Kier alpha value is -1.98. The van der Waals surface area contributed by atoms with E-state index in [0.29, 0.717) is 18.5 Å². The first-order chi connectivity index (χ1) is 17.2. The molecule has 2 aliphatic rings. The smallest absolute Gasteiger partial charge is 0.122 e. The minimum atomic E-state index is 0.543. The molecule has 0 bridgehead atoms. The molecule has 0 radical (unpaired) electrons. The van der Waals surface area contributed by atoms with Crippen LogP contribution in [0.4, 0.5) is 5.69 Å². The third kappa shape index (κ3) is 7.50. The summed E-state index contributed by atoms with van der Waals surface area (Å²) in [6, 6.07) is 11.9. The third-order valence-electron chi connectivity index (χ3n) is 5.72. The number of H-pyrrole nitrogens is 2. The van der Waals surface area contributed by atoms with Crippen molar-refractivity contribution in [3.8, 4) is 5.75 Å². The maximum Gasteiger partial charge on any atom is 0.122 e. The molecule has 3 aromatic rings. The van der Waals surface area contributed by atoms with Crippen molar-refractivity contribution >= 4 is 57.4 Å². The van der Waals surface area contributed by atoms with Crippen molar-refractivity contribution in [3.63, 3.8) is 0 Å². The summed E-state index contributed by atoms with van der Waals surface area (Å²) >= 11 is 8.73. The Bertz CT molecular complexity index is 1160. The highest BCUT2D eigenvalue weighted by molar-refractivity contribution is 8.15. The Morgan fingerprint density at radius 1 is 1.20 bits per heavy atom. The molecule has 1 atom stereocenters. The number of nitrogens with one attached hydrogen (secondary N) is 3. The van der Waals surface area contributed by atoms with Crippen LogP contribution in [0.1, 0.15) is 5.69 Å². The number of rotatable bonds is 8. The number of benzene rings is 1. The van der Waals surface area contributed by atoms with Gasteiger partial charge in [-0.2, -0.15) is 11.8 Å². The van der Waals surface area contributed by atoms with E-state index in [1.165, 1.54) is 24.6 Å². The zero-order chi connectivity index (χ0) is 24.5. The predicted molar refractivity (Wildman–Crippen MR) is 153 cm³/mol. The molecule has 1 unspecified atom stereocenters. The number of ether oxygens (including phenoxy) is 2. The summed E-state index contributed by atoms with van der Waals surface area (Å²) < 4.78 is 11.7. The Kier molecular flexibility index (Phi) is 9.96. The van der Waals surface area contributed by atoms with Gasteiger partial charge in [-0.05, 0) is 24.3 Å². The molecule has 0 spiro atoms. The number of pyridine rings is 1. The maximum absolute atomic E-state index is 5.81. The average molecular weight is 532 g/mol. The number of nitrogens with zero attached hydrogens (tertiary/aromatic N) is 2. The average Bonchev–Trinajstić information content (AvgIpc) is 3.52. The molecular formula is C25H33N5O2S3. The number of fused-ring (bicyclic) bond motifs is 1. The van der Waals surface area contributed by atoms with Crippen LogP contribution in [0.2, 0.25) is 0 Å². The molecule has 2 aliphatic heterocycles. The molecule has 10 heteroatoms. The van der Waals surface area contributed by atoms with Crippen molar-refractivity contribution in [2.24, 2.45) is 4.99 Å². The summed E-state index contributed by atoms with van der Waals surface area (Å²) in [5.41, 5.74) is 3.22. The standard InChI is InChI=1S/C20H28N4O2S2.C5H5NS/c1-21-17-11-15(26-6-5-25-2)9-14-10-18(23-19(14)17)20-22-12-16(28-20)13-24-3-7-27-8-4-24;7-5-3-1-2-4-6-5/h9-11,16,21,23H,3-8,12-13H2,1-2H3;1-4H,(H,6,7). The van der Waals surface area contributed by atoms with Gasteiger partial charge in [0, 0.05) is 68.2 Å². The minimum absolute atomic E-state index is 0.543. The fourth-order valence-electron chi connectivity index (χ4n) is 3.96. The second-order valence-electron chi connectivity index (χ2n) is 8.23. The van der Waals surface area contributed by atoms with Crippen LogP contribution >= 0.6 is 35.7 Å². The molecule has 0 saturated carbocycles. The number of aromatic nitrogens is 2. The maximum atomic E-state index is 5.81. The van der Waals surface area contributed by atoms with E-state index in [1.54, 1.807) is 7.11 Å². The molecule has 1 saturated heterocycles. The van der Waals surface area contributed by atoms with Crippen molar-refractivity contribution in [3.05, 3.63) is 52.9 Å². The number of aromatic amines is 2. The Morgan fingerprint density at radius 3 is 2.74 bits per heavy atom. The minimum Gasteiger partial charge on any atom is -0.491 e. The number of hydrogen-bond acceptors (Lipinski definition) is 8. The van der Waals surface area contributed by atoms with E-state index in [2.05, 4.69) is 44.1 Å². The SMILES string of the molecule is CNc1cc(OCCOC)cc2cc(C3=NCC(CN4CCSCC4)S3)[nH]c12.S=c1cccc[nH]1. The van der Waals surface area contributed by atoms with Crippen molar-refractivity contribution < 1.29 is 9.47 Å². The lowest BCUT2D eigenvalue weighted by Gasteiger charge is -2.28. The predicted octanol–water partition coefficient (Wildman–Crippen LogP) is 4.89. The molecule has 4 heterocycles. The molecule has 1 aromatic carbocycles. The largest absolute Gasteiger partial charge is 0.491 e. The number of methoxy groups -OCH3 is 1. The van der Waals surface area contributed by atoms with Crippen molar-refractivity contribution in [2.75, 3.05) is 70.4 Å². The summed E-state index contributed by atoms with van der Waals surface area (Å²) in [5, 5.41) is 6.08. The van der Waals surface area contributed by atoms with E-state index >= 15 is 0 Å². The van der Waals surface area contributed by atoms with E-state index in [-0.39, 0.29) is 0 Å². The fourth-order valence-corrected chi connectivity index (χ4v) is 6.23. The van der Waals surface area contributed by atoms with Gasteiger partial charge in [0.05, 0.1) is 30.0 Å². The third-order valence-corrected chi connectivity index (χ3v) is 8.12. The molecule has 7 nitrogen and oxygen atoms in total. The van der Waals surface area contributed by atoms with Gasteiger partial charge in [-0.25, -0.2) is 0 Å². The van der Waals surface area contributed by atoms with Gasteiger partial charge in [0.25, 0.3) is 0 Å². The van der Waals surface area contributed by atoms with Crippen LogP contribution in [-0.4, -0.2) is 90.2 Å². The van der Waals surface area contributed by atoms with Gasteiger partial charge in [0.1, 0.15) is 22.0 Å². The van der Waals surface area contributed by atoms with Crippen molar-refractivity contribution in [1.82, 2.24) is 14.9 Å². The Morgan fingerprint density at radius 2 is 2.06 bits per heavy atom. The normalized spacial score (nSPS) is 18.1. The molecule has 0 amide bonds. The van der Waals surface area contributed by atoms with Crippen LogP contribution < -0.4 is 10.1 Å². The quantitative estimate of drug-likeness (QED) is 0.282. The second kappa shape index (κ2) is 13.4. The molecule has 2 aromatic heterocycles. The van der Waals surface area contributed by atoms with Crippen molar-refractivity contribution in [2.45, 2.75) is 5.25 Å². The zero-order valence-electron chi connectivity index (χ0n) is 20.2. The fraction of sp³-hybridized carbons (Fsp3) is 0.440. The lowest BCUT2D eigenvalue weighted by atomic mass is 10.2. The molecule has 1 fully saturated rings. The van der Waals surface area contributed by atoms with Gasteiger partial charge >= 0.3 is 0 Å². The molecule has 188 valence electrons. The van der Waals surface area contributed by atoms with E-state index in [1.807, 2.05) is 49.3 Å². The van der Waals surface area contributed by atoms with E-state index < -0.39 is 0 Å². The van der Waals surface area contributed by atoms with Gasteiger partial charge < -0.3 is 29.7 Å². The van der Waals surface area contributed by atoms with Gasteiger partial charge in [-0.1, -0.05) is 30.0 Å². The number of aliphatic imine (C=N–C) groups is 1. The molecule has 35 heavy (non-hydrogen) atoms. The van der Waals surface area contributed by atoms with Crippen LogP contribution in [0.15, 0.2) is 47.6 Å². The highest BCUT2D eigenvalue weighted by atomic mass is 32.2. The summed E-state index contributed by atoms with van der Waals surface area (Å²) in [7, 11) is 3.62. The topological polar surface area (TPSA) is 77.7 Å². The summed E-state index contributed by atoms with van der Waals surface area (Å²) in [6.45, 7) is 5.58. The lowest BCUT2D eigenvalue weighted by molar-refractivity contribution is 0.146. The van der Waals surface area contributed by atoms with E-state index in [4.69, 9.17) is 26.7 Å². The van der Waals surface area contributed by atoms with Crippen LogP contribution in [0, 0.1) is 4.64 Å². The van der Waals surface area contributed by atoms with Gasteiger partial charge in [-0.15, -0.1) is 0 Å². The van der Waals surface area contributed by atoms with Crippen LogP contribution in [0.3, 0.4) is 0 Å². The van der Waals surface area contributed by atoms with E-state index in [9.17, 15) is 0 Å². The monoisotopic (exact) mass is 531 g/mol. The van der Waals surface area contributed by atoms with E-state index in [0.717, 1.165) is 50.8 Å². The first-order valence-corrected chi connectivity index (χ1v) is 14.2. The summed E-state index contributed by atoms with van der Waals surface area (Å²) in [5.74, 6) is 3.37. The Labute approximate surface area is 220 Å². The molecule has 3 N–H and O–H groups in total. The molecular weight excluding hydrogens is 499 g/mol. The number of hydrogen-bond donors (Lipinski definition) is 3. The zero-order valence-corrected chi connectivity index (χ0v) is 22.7. The lowest BCUT2D eigenvalue weighted by Crippen LogP contribution is -2.37. The Balaban J connectivity index is 0.000000356. The first-order valence-electron chi connectivity index (χ1n) is 11.8. The summed E-state index contributed by atoms with van der Waals surface area (Å²) in [6.07, 6.45) is 1.81. The number of anilines is 1. The highest BCUT2D eigenvalue weighted by Crippen LogP contribution is 2.33. The van der Waals surface area contributed by atoms with Crippen LogP contribution in [-0.2, 0) is 4.74 Å². The second-order valence-corrected chi connectivity index (χ2v) is 11.2.